The van der Waals surface area contributed by atoms with Gasteiger partial charge in [0.15, 0.2) is 5.96 Å². The molecular formula is C18H34N4. The normalized spacial score (nSPS) is 29.7. The van der Waals surface area contributed by atoms with Gasteiger partial charge in [0.25, 0.3) is 0 Å². The molecule has 0 aromatic heterocycles. The molecular weight excluding hydrogens is 272 g/mol. The lowest BCUT2D eigenvalue weighted by Crippen LogP contribution is -2.47. The lowest BCUT2D eigenvalue weighted by atomic mass is 9.87. The van der Waals surface area contributed by atoms with E-state index in [2.05, 4.69) is 27.4 Å². The van der Waals surface area contributed by atoms with Crippen molar-refractivity contribution >= 4 is 5.96 Å². The number of hydrogen-bond donors (Lipinski definition) is 2. The Morgan fingerprint density at radius 2 is 1.77 bits per heavy atom. The van der Waals surface area contributed by atoms with Gasteiger partial charge in [-0.3, -0.25) is 9.89 Å². The van der Waals surface area contributed by atoms with Crippen molar-refractivity contribution in [1.82, 2.24) is 15.5 Å². The molecule has 3 saturated carbocycles. The molecule has 0 radical (unpaired) electrons. The molecule has 0 saturated heterocycles. The highest BCUT2D eigenvalue weighted by Crippen LogP contribution is 2.34. The number of nitrogens with one attached hydrogen (secondary N) is 2. The summed E-state index contributed by atoms with van der Waals surface area (Å²) in [7, 11) is 1.89. The highest BCUT2D eigenvalue weighted by atomic mass is 15.2. The van der Waals surface area contributed by atoms with Crippen LogP contribution in [0.5, 0.6) is 0 Å². The van der Waals surface area contributed by atoms with E-state index < -0.39 is 0 Å². The van der Waals surface area contributed by atoms with Gasteiger partial charge >= 0.3 is 0 Å². The monoisotopic (exact) mass is 306 g/mol. The van der Waals surface area contributed by atoms with E-state index in [0.717, 1.165) is 30.4 Å². The van der Waals surface area contributed by atoms with E-state index in [4.69, 9.17) is 0 Å². The topological polar surface area (TPSA) is 39.7 Å². The van der Waals surface area contributed by atoms with Crippen LogP contribution in [0.1, 0.15) is 58.3 Å². The van der Waals surface area contributed by atoms with Gasteiger partial charge in [0.1, 0.15) is 0 Å². The first-order chi connectivity index (χ1) is 10.7. The Kier molecular flexibility index (Phi) is 5.61. The molecule has 0 spiro atoms. The van der Waals surface area contributed by atoms with Crippen LogP contribution in [0.2, 0.25) is 0 Å². The number of aliphatic imine (C=N–C) groups is 1. The summed E-state index contributed by atoms with van der Waals surface area (Å²) in [6.45, 7) is 5.89. The molecule has 0 unspecified atom stereocenters. The van der Waals surface area contributed by atoms with Crippen LogP contribution in [0.3, 0.4) is 0 Å². The van der Waals surface area contributed by atoms with Crippen LogP contribution in [0, 0.1) is 11.8 Å². The van der Waals surface area contributed by atoms with E-state index >= 15 is 0 Å². The van der Waals surface area contributed by atoms with Gasteiger partial charge in [-0.15, -0.1) is 0 Å². The van der Waals surface area contributed by atoms with Crippen molar-refractivity contribution in [2.75, 3.05) is 26.7 Å². The summed E-state index contributed by atoms with van der Waals surface area (Å²) in [5.41, 5.74) is 0. The Labute approximate surface area is 136 Å². The molecule has 4 nitrogen and oxygen atoms in total. The van der Waals surface area contributed by atoms with Gasteiger partial charge in [0.05, 0.1) is 0 Å². The maximum absolute atomic E-state index is 4.41. The second kappa shape index (κ2) is 7.67. The third-order valence-electron chi connectivity index (χ3n) is 5.52. The first-order valence-corrected chi connectivity index (χ1v) is 9.46. The van der Waals surface area contributed by atoms with Crippen LogP contribution < -0.4 is 10.6 Å². The first kappa shape index (κ1) is 16.1. The molecule has 22 heavy (non-hydrogen) atoms. The van der Waals surface area contributed by atoms with Crippen molar-refractivity contribution in [2.24, 2.45) is 16.8 Å². The molecule has 3 fully saturated rings. The molecule has 4 heteroatoms. The predicted octanol–water partition coefficient (Wildman–Crippen LogP) is 2.60. The molecule has 3 aliphatic carbocycles. The van der Waals surface area contributed by atoms with Crippen LogP contribution in [-0.4, -0.2) is 49.6 Å². The minimum Gasteiger partial charge on any atom is -0.355 e. The minimum atomic E-state index is 0.619. The summed E-state index contributed by atoms with van der Waals surface area (Å²) in [5.74, 6) is 2.91. The quantitative estimate of drug-likeness (QED) is 0.561. The fraction of sp³-hybridized carbons (Fsp3) is 0.944. The lowest BCUT2D eigenvalue weighted by molar-refractivity contribution is 0.256. The highest BCUT2D eigenvalue weighted by Gasteiger charge is 2.33. The maximum Gasteiger partial charge on any atom is 0.191 e. The number of rotatable bonds is 7. The molecule has 0 aromatic carbocycles. The molecule has 0 amide bonds. The van der Waals surface area contributed by atoms with E-state index in [0.29, 0.717) is 6.04 Å². The first-order valence-electron chi connectivity index (χ1n) is 9.46. The molecule has 126 valence electrons. The van der Waals surface area contributed by atoms with Crippen molar-refractivity contribution < 1.29 is 0 Å². The van der Waals surface area contributed by atoms with E-state index in [-0.39, 0.29) is 0 Å². The molecule has 0 heterocycles. The highest BCUT2D eigenvalue weighted by molar-refractivity contribution is 5.79. The Bertz CT molecular complexity index is 365. The van der Waals surface area contributed by atoms with Crippen LogP contribution >= 0.6 is 0 Å². The average molecular weight is 306 g/mol. The van der Waals surface area contributed by atoms with Gasteiger partial charge in [-0.05, 0) is 63.2 Å². The van der Waals surface area contributed by atoms with Crippen molar-refractivity contribution in [2.45, 2.75) is 70.4 Å². The maximum atomic E-state index is 4.41. The predicted molar refractivity (Wildman–Crippen MR) is 93.2 cm³/mol. The van der Waals surface area contributed by atoms with Gasteiger partial charge in [-0.1, -0.05) is 6.92 Å². The smallest absolute Gasteiger partial charge is 0.191 e. The van der Waals surface area contributed by atoms with Crippen LogP contribution in [-0.2, 0) is 0 Å². The number of nitrogens with zero attached hydrogens (tertiary/aromatic N) is 2. The summed E-state index contributed by atoms with van der Waals surface area (Å²) < 4.78 is 0. The van der Waals surface area contributed by atoms with Crippen molar-refractivity contribution in [3.05, 3.63) is 0 Å². The van der Waals surface area contributed by atoms with Crippen LogP contribution in [0.4, 0.5) is 0 Å². The van der Waals surface area contributed by atoms with Crippen molar-refractivity contribution in [3.63, 3.8) is 0 Å². The van der Waals surface area contributed by atoms with E-state index in [1.807, 2.05) is 7.05 Å². The molecule has 2 N–H and O–H groups in total. The van der Waals surface area contributed by atoms with Gasteiger partial charge in [-0.25, -0.2) is 0 Å². The molecule has 0 aromatic rings. The van der Waals surface area contributed by atoms with Gasteiger partial charge in [-0.2, -0.15) is 0 Å². The Morgan fingerprint density at radius 3 is 2.36 bits per heavy atom. The molecule has 0 atom stereocenters. The van der Waals surface area contributed by atoms with Crippen LogP contribution in [0.25, 0.3) is 0 Å². The zero-order valence-corrected chi connectivity index (χ0v) is 14.5. The Balaban J connectivity index is 1.35. The van der Waals surface area contributed by atoms with Crippen molar-refractivity contribution in [3.8, 4) is 0 Å². The summed E-state index contributed by atoms with van der Waals surface area (Å²) >= 11 is 0. The Hall–Kier alpha value is -0.770. The second-order valence-corrected chi connectivity index (χ2v) is 7.77. The summed E-state index contributed by atoms with van der Waals surface area (Å²) in [5, 5.41) is 7.15. The molecule has 0 bridgehead atoms. The zero-order chi connectivity index (χ0) is 15.4. The van der Waals surface area contributed by atoms with E-state index in [1.54, 1.807) is 0 Å². The third kappa shape index (κ3) is 5.15. The van der Waals surface area contributed by atoms with Gasteiger partial charge in [0.2, 0.25) is 0 Å². The van der Waals surface area contributed by atoms with Crippen molar-refractivity contribution in [1.29, 1.82) is 0 Å². The fourth-order valence-electron chi connectivity index (χ4n) is 3.61. The van der Waals surface area contributed by atoms with Gasteiger partial charge in [0, 0.05) is 38.8 Å². The standard InChI is InChI=1S/C18H34N4/c1-14-3-7-16(8-4-14)21-18(19-2)20-11-12-22(17-9-10-17)13-15-5-6-15/h14-17H,3-13H2,1-2H3,(H2,19,20,21). The summed E-state index contributed by atoms with van der Waals surface area (Å²) in [6.07, 6.45) is 11.0. The summed E-state index contributed by atoms with van der Waals surface area (Å²) in [6, 6.07) is 1.51. The number of guanidine groups is 1. The fourth-order valence-corrected chi connectivity index (χ4v) is 3.61. The lowest BCUT2D eigenvalue weighted by Gasteiger charge is -2.29. The molecule has 3 rings (SSSR count). The number of hydrogen-bond acceptors (Lipinski definition) is 2. The Morgan fingerprint density at radius 1 is 1.05 bits per heavy atom. The zero-order valence-electron chi connectivity index (χ0n) is 14.5. The van der Waals surface area contributed by atoms with Crippen LogP contribution in [0.15, 0.2) is 4.99 Å². The SMILES string of the molecule is CN=C(NCCN(CC1CC1)C1CC1)NC1CCC(C)CC1. The third-order valence-corrected chi connectivity index (χ3v) is 5.52. The molecule has 0 aliphatic heterocycles. The van der Waals surface area contributed by atoms with E-state index in [1.165, 1.54) is 64.5 Å². The second-order valence-electron chi connectivity index (χ2n) is 7.77. The van der Waals surface area contributed by atoms with E-state index in [9.17, 15) is 0 Å². The summed E-state index contributed by atoms with van der Waals surface area (Å²) in [4.78, 5) is 7.12. The average Bonchev–Trinajstić information content (AvgIpc) is 3.39. The largest absolute Gasteiger partial charge is 0.355 e. The molecule has 3 aliphatic rings. The minimum absolute atomic E-state index is 0.619. The van der Waals surface area contributed by atoms with Gasteiger partial charge < -0.3 is 10.6 Å².